The number of benzene rings is 1. The van der Waals surface area contributed by atoms with Crippen molar-refractivity contribution in [1.29, 1.82) is 0 Å². The van der Waals surface area contributed by atoms with Crippen LogP contribution in [0.2, 0.25) is 0 Å². The van der Waals surface area contributed by atoms with Crippen molar-refractivity contribution < 1.29 is 17.9 Å². The highest BCUT2D eigenvalue weighted by Crippen LogP contribution is 2.27. The van der Waals surface area contributed by atoms with Gasteiger partial charge in [-0.1, -0.05) is 18.2 Å². The van der Waals surface area contributed by atoms with Gasteiger partial charge in [0.1, 0.15) is 0 Å². The monoisotopic (exact) mass is 266 g/mol. The summed E-state index contributed by atoms with van der Waals surface area (Å²) in [4.78, 5) is 7.08. The number of rotatable bonds is 2. The van der Waals surface area contributed by atoms with Gasteiger partial charge in [-0.15, -0.1) is 0 Å². The van der Waals surface area contributed by atoms with Crippen LogP contribution >= 0.6 is 0 Å². The predicted octanol–water partition coefficient (Wildman–Crippen LogP) is 3.66. The smallest absolute Gasteiger partial charge is 0.422 e. The van der Waals surface area contributed by atoms with Crippen LogP contribution in [0, 0.1) is 0 Å². The van der Waals surface area contributed by atoms with E-state index in [0.29, 0.717) is 0 Å². The zero-order valence-electron chi connectivity index (χ0n) is 9.66. The van der Waals surface area contributed by atoms with E-state index >= 15 is 0 Å². The lowest BCUT2D eigenvalue weighted by Gasteiger charge is -2.06. The molecule has 0 amide bonds. The number of nitrogens with one attached hydrogen (secondary N) is 1. The van der Waals surface area contributed by atoms with Gasteiger partial charge in [-0.05, 0) is 6.07 Å². The van der Waals surface area contributed by atoms with E-state index in [-0.39, 0.29) is 5.88 Å². The van der Waals surface area contributed by atoms with Gasteiger partial charge in [0.2, 0.25) is 0 Å². The Bertz CT molecular complexity index is 733. The highest BCUT2D eigenvalue weighted by molar-refractivity contribution is 6.03. The number of H-pyrrole nitrogens is 1. The molecule has 0 saturated heterocycles. The quantitative estimate of drug-likeness (QED) is 0.768. The fourth-order valence-corrected chi connectivity index (χ4v) is 1.94. The number of alkyl halides is 3. The Morgan fingerprint density at radius 1 is 1.21 bits per heavy atom. The molecule has 3 aromatic rings. The lowest BCUT2D eigenvalue weighted by molar-refractivity contribution is -0.154. The van der Waals surface area contributed by atoms with Crippen molar-refractivity contribution in [1.82, 2.24) is 9.97 Å². The van der Waals surface area contributed by atoms with Gasteiger partial charge in [0.25, 0.3) is 0 Å². The first-order valence-electron chi connectivity index (χ1n) is 5.59. The number of nitrogens with zero attached hydrogens (tertiary/aromatic N) is 1. The lowest BCUT2D eigenvalue weighted by atomic mass is 10.2. The van der Waals surface area contributed by atoms with Crippen molar-refractivity contribution >= 4 is 21.8 Å². The molecule has 0 fully saturated rings. The summed E-state index contributed by atoms with van der Waals surface area (Å²) >= 11 is 0. The summed E-state index contributed by atoms with van der Waals surface area (Å²) < 4.78 is 41.0. The first kappa shape index (κ1) is 11.8. The second kappa shape index (κ2) is 4.15. The van der Waals surface area contributed by atoms with Crippen LogP contribution in [-0.2, 0) is 0 Å². The van der Waals surface area contributed by atoms with Crippen molar-refractivity contribution in [3.8, 4) is 5.88 Å². The average molecular weight is 266 g/mol. The van der Waals surface area contributed by atoms with Crippen molar-refractivity contribution in [2.45, 2.75) is 6.18 Å². The molecule has 6 heteroatoms. The van der Waals surface area contributed by atoms with Gasteiger partial charge >= 0.3 is 6.18 Å². The highest BCUT2D eigenvalue weighted by atomic mass is 19.4. The summed E-state index contributed by atoms with van der Waals surface area (Å²) in [5.74, 6) is 0.0884. The van der Waals surface area contributed by atoms with Gasteiger partial charge in [-0.2, -0.15) is 13.2 Å². The van der Waals surface area contributed by atoms with E-state index in [9.17, 15) is 13.2 Å². The molecule has 0 radical (unpaired) electrons. The van der Waals surface area contributed by atoms with Gasteiger partial charge in [0.15, 0.2) is 12.5 Å². The van der Waals surface area contributed by atoms with Crippen molar-refractivity contribution in [3.05, 3.63) is 36.5 Å². The third kappa shape index (κ3) is 2.33. The number of halogens is 3. The number of aromatic nitrogens is 2. The molecule has 0 saturated carbocycles. The van der Waals surface area contributed by atoms with Crippen LogP contribution in [0.5, 0.6) is 5.88 Å². The van der Waals surface area contributed by atoms with E-state index in [1.807, 2.05) is 24.3 Å². The summed E-state index contributed by atoms with van der Waals surface area (Å²) in [7, 11) is 0. The van der Waals surface area contributed by atoms with Crippen molar-refractivity contribution in [3.63, 3.8) is 0 Å². The molecule has 3 nitrogen and oxygen atoms in total. The molecule has 2 heterocycles. The molecule has 0 spiro atoms. The second-order valence-corrected chi connectivity index (χ2v) is 4.14. The van der Waals surface area contributed by atoms with Gasteiger partial charge in [0.05, 0.1) is 11.0 Å². The van der Waals surface area contributed by atoms with Gasteiger partial charge in [-0.25, -0.2) is 0 Å². The molecule has 2 aromatic heterocycles. The van der Waals surface area contributed by atoms with Crippen LogP contribution in [0.25, 0.3) is 21.8 Å². The van der Waals surface area contributed by atoms with Crippen molar-refractivity contribution in [2.75, 3.05) is 6.61 Å². The number of fused-ring (bicyclic) bond motifs is 3. The Hall–Kier alpha value is -2.24. The van der Waals surface area contributed by atoms with E-state index in [2.05, 4.69) is 9.97 Å². The molecule has 0 aliphatic rings. The molecular weight excluding hydrogens is 257 g/mol. The molecular formula is C13H9F3N2O. The Morgan fingerprint density at radius 2 is 2.00 bits per heavy atom. The first-order valence-corrected chi connectivity index (χ1v) is 5.59. The SMILES string of the molecule is FC(F)(F)COc1cc2cnc3ccccc3c2[nH]1. The molecule has 3 rings (SSSR count). The molecule has 0 bridgehead atoms. The maximum atomic E-state index is 12.1. The van der Waals surface area contributed by atoms with E-state index in [1.54, 1.807) is 6.20 Å². The molecule has 19 heavy (non-hydrogen) atoms. The van der Waals surface area contributed by atoms with Crippen LogP contribution < -0.4 is 4.74 Å². The molecule has 1 aromatic carbocycles. The molecule has 98 valence electrons. The van der Waals surface area contributed by atoms with Crippen LogP contribution in [0.3, 0.4) is 0 Å². The number of ether oxygens (including phenoxy) is 1. The average Bonchev–Trinajstić information content (AvgIpc) is 2.79. The maximum Gasteiger partial charge on any atom is 0.422 e. The Labute approximate surface area is 106 Å². The van der Waals surface area contributed by atoms with Gasteiger partial charge in [0, 0.05) is 23.0 Å². The minimum absolute atomic E-state index is 0.0884. The predicted molar refractivity (Wildman–Crippen MR) is 65.1 cm³/mol. The third-order valence-electron chi connectivity index (χ3n) is 2.73. The minimum atomic E-state index is -4.35. The van der Waals surface area contributed by atoms with Crippen LogP contribution in [0.4, 0.5) is 13.2 Å². The first-order chi connectivity index (χ1) is 9.03. The van der Waals surface area contributed by atoms with E-state index in [1.165, 1.54) is 6.07 Å². The number of hydrogen-bond donors (Lipinski definition) is 1. The molecule has 0 aliphatic heterocycles. The zero-order valence-corrected chi connectivity index (χ0v) is 9.66. The number of para-hydroxylation sites is 1. The van der Waals surface area contributed by atoms with Crippen LogP contribution in [0.1, 0.15) is 0 Å². The molecule has 0 unspecified atom stereocenters. The highest BCUT2D eigenvalue weighted by Gasteiger charge is 2.28. The summed E-state index contributed by atoms with van der Waals surface area (Å²) in [6, 6.07) is 8.91. The largest absolute Gasteiger partial charge is 0.469 e. The summed E-state index contributed by atoms with van der Waals surface area (Å²) in [5, 5.41) is 1.57. The molecule has 1 N–H and O–H groups in total. The third-order valence-corrected chi connectivity index (χ3v) is 2.73. The Balaban J connectivity index is 2.03. The van der Waals surface area contributed by atoms with Crippen molar-refractivity contribution in [2.24, 2.45) is 0 Å². The maximum absolute atomic E-state index is 12.1. The lowest BCUT2D eigenvalue weighted by Crippen LogP contribution is -2.19. The standard InChI is InChI=1S/C13H9F3N2O/c14-13(15,16)7-19-11-5-8-6-17-10-4-2-1-3-9(10)12(8)18-11/h1-6,18H,7H2. The second-order valence-electron chi connectivity index (χ2n) is 4.14. The van der Waals surface area contributed by atoms with Crippen LogP contribution in [0.15, 0.2) is 36.5 Å². The number of aromatic amines is 1. The van der Waals surface area contributed by atoms with E-state index < -0.39 is 12.8 Å². The minimum Gasteiger partial charge on any atom is -0.469 e. The fourth-order valence-electron chi connectivity index (χ4n) is 1.94. The topological polar surface area (TPSA) is 37.9 Å². The molecule has 0 aliphatic carbocycles. The zero-order chi connectivity index (χ0) is 13.5. The Kier molecular flexibility index (Phi) is 2.58. The fraction of sp³-hybridized carbons (Fsp3) is 0.154. The number of pyridine rings is 1. The molecule has 0 atom stereocenters. The van der Waals surface area contributed by atoms with E-state index in [4.69, 9.17) is 4.74 Å². The van der Waals surface area contributed by atoms with Gasteiger partial charge < -0.3 is 9.72 Å². The summed E-state index contributed by atoms with van der Waals surface area (Å²) in [6.45, 7) is -1.31. The number of hydrogen-bond acceptors (Lipinski definition) is 2. The summed E-state index contributed by atoms with van der Waals surface area (Å²) in [6.07, 6.45) is -2.74. The van der Waals surface area contributed by atoms with Crippen LogP contribution in [-0.4, -0.2) is 22.8 Å². The van der Waals surface area contributed by atoms with E-state index in [0.717, 1.165) is 21.8 Å². The van der Waals surface area contributed by atoms with Gasteiger partial charge in [-0.3, -0.25) is 4.98 Å². The normalized spacial score (nSPS) is 12.2. The summed E-state index contributed by atoms with van der Waals surface area (Å²) in [5.41, 5.74) is 1.50. The Morgan fingerprint density at radius 3 is 2.79 bits per heavy atom.